The maximum absolute atomic E-state index is 12.2. The van der Waals surface area contributed by atoms with Crippen molar-refractivity contribution in [1.82, 2.24) is 10.2 Å². The number of likely N-dealkylation sites (N-methyl/N-ethyl adjacent to an activating group) is 1. The predicted octanol–water partition coefficient (Wildman–Crippen LogP) is 2.57. The Kier molecular flexibility index (Phi) is 6.96. The van der Waals surface area contributed by atoms with E-state index in [1.165, 1.54) is 19.3 Å². The summed E-state index contributed by atoms with van der Waals surface area (Å²) in [7, 11) is 0. The summed E-state index contributed by atoms with van der Waals surface area (Å²) in [6.45, 7) is 12.6. The van der Waals surface area contributed by atoms with Gasteiger partial charge in [-0.05, 0) is 53.5 Å². The van der Waals surface area contributed by atoms with E-state index in [9.17, 15) is 4.79 Å². The van der Waals surface area contributed by atoms with Gasteiger partial charge < -0.3 is 10.1 Å². The first kappa shape index (κ1) is 17.4. The van der Waals surface area contributed by atoms with Crippen molar-refractivity contribution in [3.63, 3.8) is 0 Å². The molecule has 1 aliphatic heterocycles. The van der Waals surface area contributed by atoms with E-state index in [1.807, 2.05) is 20.8 Å². The van der Waals surface area contributed by atoms with Crippen molar-refractivity contribution in [1.29, 1.82) is 0 Å². The molecule has 1 N–H and O–H groups in total. The molecule has 1 heterocycles. The molecule has 1 unspecified atom stereocenters. The van der Waals surface area contributed by atoms with Crippen LogP contribution in [0.2, 0.25) is 0 Å². The summed E-state index contributed by atoms with van der Waals surface area (Å²) >= 11 is 0. The van der Waals surface area contributed by atoms with Crippen LogP contribution in [0.5, 0.6) is 0 Å². The molecule has 1 fully saturated rings. The molecule has 1 aliphatic rings. The molecule has 3 atom stereocenters. The number of carbonyl (C=O) groups excluding carboxylic acids is 1. The van der Waals surface area contributed by atoms with Gasteiger partial charge in [-0.2, -0.15) is 0 Å². The summed E-state index contributed by atoms with van der Waals surface area (Å²) in [4.78, 5) is 14.7. The molecule has 0 aromatic carbocycles. The Morgan fingerprint density at radius 3 is 2.40 bits per heavy atom. The first-order chi connectivity index (χ1) is 9.44. The highest BCUT2D eigenvalue weighted by molar-refractivity contribution is 5.80. The van der Waals surface area contributed by atoms with E-state index in [-0.39, 0.29) is 5.97 Å². The molecule has 1 rings (SSSR count). The standard InChI is InChI=1S/C16H32N2O2/c1-6-17-16(5,15(19)20-7-2)11-12-18-13(3)9-8-10-14(18)4/h13-14,17H,6-12H2,1-5H3/t13-,14+,16?. The second-order valence-electron chi connectivity index (χ2n) is 6.20. The third-order valence-electron chi connectivity index (χ3n) is 4.54. The molecule has 0 saturated carbocycles. The van der Waals surface area contributed by atoms with Crippen LogP contribution >= 0.6 is 0 Å². The van der Waals surface area contributed by atoms with E-state index < -0.39 is 5.54 Å². The van der Waals surface area contributed by atoms with Crippen molar-refractivity contribution >= 4 is 5.97 Å². The maximum Gasteiger partial charge on any atom is 0.326 e. The number of ether oxygens (including phenoxy) is 1. The summed E-state index contributed by atoms with van der Waals surface area (Å²) < 4.78 is 5.23. The number of hydrogen-bond acceptors (Lipinski definition) is 4. The normalized spacial score (nSPS) is 27.1. The molecule has 0 aromatic rings. The lowest BCUT2D eigenvalue weighted by molar-refractivity contribution is -0.151. The molecule has 20 heavy (non-hydrogen) atoms. The fourth-order valence-electron chi connectivity index (χ4n) is 3.21. The lowest BCUT2D eigenvalue weighted by Gasteiger charge is -2.41. The number of carbonyl (C=O) groups is 1. The van der Waals surface area contributed by atoms with Gasteiger partial charge in [0.1, 0.15) is 5.54 Å². The third kappa shape index (κ3) is 4.45. The van der Waals surface area contributed by atoms with Crippen LogP contribution in [0.3, 0.4) is 0 Å². The Balaban J connectivity index is 2.63. The molecule has 4 nitrogen and oxygen atoms in total. The molecule has 0 aromatic heterocycles. The van der Waals surface area contributed by atoms with Gasteiger partial charge in [0.15, 0.2) is 0 Å². The van der Waals surface area contributed by atoms with Crippen molar-refractivity contribution in [2.24, 2.45) is 0 Å². The fourth-order valence-corrected chi connectivity index (χ4v) is 3.21. The zero-order valence-electron chi connectivity index (χ0n) is 13.9. The molecule has 1 saturated heterocycles. The zero-order valence-corrected chi connectivity index (χ0v) is 13.9. The van der Waals surface area contributed by atoms with Gasteiger partial charge in [-0.25, -0.2) is 0 Å². The second kappa shape index (κ2) is 7.99. The van der Waals surface area contributed by atoms with Crippen LogP contribution in [0.15, 0.2) is 0 Å². The van der Waals surface area contributed by atoms with Gasteiger partial charge in [0.25, 0.3) is 0 Å². The molecule has 0 spiro atoms. The van der Waals surface area contributed by atoms with Crippen LogP contribution in [-0.2, 0) is 9.53 Å². The topological polar surface area (TPSA) is 41.6 Å². The number of likely N-dealkylation sites (tertiary alicyclic amines) is 1. The summed E-state index contributed by atoms with van der Waals surface area (Å²) in [6, 6.07) is 1.23. The van der Waals surface area contributed by atoms with E-state index in [1.54, 1.807) is 0 Å². The number of nitrogens with zero attached hydrogens (tertiary/aromatic N) is 1. The van der Waals surface area contributed by atoms with Crippen molar-refractivity contribution in [2.75, 3.05) is 19.7 Å². The Morgan fingerprint density at radius 2 is 1.90 bits per heavy atom. The number of esters is 1. The average Bonchev–Trinajstić information content (AvgIpc) is 2.38. The highest BCUT2D eigenvalue weighted by Crippen LogP contribution is 2.24. The number of nitrogens with one attached hydrogen (secondary N) is 1. The predicted molar refractivity (Wildman–Crippen MR) is 82.8 cm³/mol. The molecule has 4 heteroatoms. The minimum absolute atomic E-state index is 0.126. The third-order valence-corrected chi connectivity index (χ3v) is 4.54. The zero-order chi connectivity index (χ0) is 15.2. The van der Waals surface area contributed by atoms with Crippen LogP contribution in [0.1, 0.15) is 60.3 Å². The summed E-state index contributed by atoms with van der Waals surface area (Å²) in [5, 5.41) is 3.31. The van der Waals surface area contributed by atoms with Gasteiger partial charge in [-0.15, -0.1) is 0 Å². The SMILES string of the molecule is CCNC(C)(CCN1[C@H](C)CCC[C@@H]1C)C(=O)OCC. The molecule has 0 bridgehead atoms. The highest BCUT2D eigenvalue weighted by Gasteiger charge is 2.35. The smallest absolute Gasteiger partial charge is 0.326 e. The lowest BCUT2D eigenvalue weighted by atomic mass is 9.93. The van der Waals surface area contributed by atoms with Crippen molar-refractivity contribution in [2.45, 2.75) is 77.9 Å². The number of hydrogen-bond donors (Lipinski definition) is 1. The Bertz CT molecular complexity index is 299. The van der Waals surface area contributed by atoms with E-state index in [2.05, 4.69) is 24.1 Å². The first-order valence-electron chi connectivity index (χ1n) is 8.12. The van der Waals surface area contributed by atoms with Crippen LogP contribution in [0, 0.1) is 0 Å². The Morgan fingerprint density at radius 1 is 1.30 bits per heavy atom. The fraction of sp³-hybridized carbons (Fsp3) is 0.938. The molecular weight excluding hydrogens is 252 g/mol. The van der Waals surface area contributed by atoms with Gasteiger partial charge in [-0.1, -0.05) is 13.3 Å². The van der Waals surface area contributed by atoms with Crippen molar-refractivity contribution in [3.8, 4) is 0 Å². The summed E-state index contributed by atoms with van der Waals surface area (Å²) in [5.74, 6) is -0.126. The molecule has 0 aliphatic carbocycles. The Hall–Kier alpha value is -0.610. The lowest BCUT2D eigenvalue weighted by Crippen LogP contribution is -2.54. The maximum atomic E-state index is 12.2. The molecule has 118 valence electrons. The van der Waals surface area contributed by atoms with Gasteiger partial charge in [-0.3, -0.25) is 9.69 Å². The van der Waals surface area contributed by atoms with Crippen LogP contribution < -0.4 is 5.32 Å². The summed E-state index contributed by atoms with van der Waals surface area (Å²) in [5.41, 5.74) is -0.568. The van der Waals surface area contributed by atoms with Crippen molar-refractivity contribution < 1.29 is 9.53 Å². The second-order valence-corrected chi connectivity index (χ2v) is 6.20. The van der Waals surface area contributed by atoms with Gasteiger partial charge >= 0.3 is 5.97 Å². The van der Waals surface area contributed by atoms with Crippen LogP contribution in [0.4, 0.5) is 0 Å². The monoisotopic (exact) mass is 284 g/mol. The molecule has 0 radical (unpaired) electrons. The first-order valence-corrected chi connectivity index (χ1v) is 8.12. The largest absolute Gasteiger partial charge is 0.465 e. The molecule has 0 amide bonds. The minimum Gasteiger partial charge on any atom is -0.465 e. The van der Waals surface area contributed by atoms with E-state index >= 15 is 0 Å². The van der Waals surface area contributed by atoms with E-state index in [4.69, 9.17) is 4.74 Å². The van der Waals surface area contributed by atoms with E-state index in [0.29, 0.717) is 18.7 Å². The van der Waals surface area contributed by atoms with Gasteiger partial charge in [0, 0.05) is 18.6 Å². The van der Waals surface area contributed by atoms with E-state index in [0.717, 1.165) is 19.5 Å². The average molecular weight is 284 g/mol. The van der Waals surface area contributed by atoms with Gasteiger partial charge in [0.2, 0.25) is 0 Å². The minimum atomic E-state index is -0.568. The summed E-state index contributed by atoms with van der Waals surface area (Å²) in [6.07, 6.45) is 4.65. The number of rotatable bonds is 7. The van der Waals surface area contributed by atoms with Gasteiger partial charge in [0.05, 0.1) is 6.61 Å². The van der Waals surface area contributed by atoms with Crippen LogP contribution in [-0.4, -0.2) is 48.2 Å². The van der Waals surface area contributed by atoms with Crippen LogP contribution in [0.25, 0.3) is 0 Å². The molecular formula is C16H32N2O2. The number of piperidine rings is 1. The Labute approximate surface area is 124 Å². The quantitative estimate of drug-likeness (QED) is 0.730. The van der Waals surface area contributed by atoms with Crippen molar-refractivity contribution in [3.05, 3.63) is 0 Å². The highest BCUT2D eigenvalue weighted by atomic mass is 16.5.